The van der Waals surface area contributed by atoms with Crippen molar-refractivity contribution in [1.29, 1.82) is 0 Å². The number of rotatable bonds is 11. The number of fused-ring (bicyclic) bond motifs is 1. The number of urea groups is 1. The second-order valence-corrected chi connectivity index (χ2v) is 12.0. The summed E-state index contributed by atoms with van der Waals surface area (Å²) < 4.78 is 11.5. The molecule has 2 aromatic carbocycles. The van der Waals surface area contributed by atoms with E-state index in [1.807, 2.05) is 42.1 Å². The van der Waals surface area contributed by atoms with Crippen molar-refractivity contribution in [2.24, 2.45) is 0 Å². The third-order valence-electron chi connectivity index (χ3n) is 8.11. The zero-order valence-electron chi connectivity index (χ0n) is 28.1. The molecule has 0 spiro atoms. The molecule has 2 aromatic heterocycles. The molecule has 0 aliphatic carbocycles. The minimum absolute atomic E-state index is 0.0118. The van der Waals surface area contributed by atoms with Gasteiger partial charge in [0.2, 0.25) is 11.9 Å². The van der Waals surface area contributed by atoms with Gasteiger partial charge in [0.25, 0.3) is 5.91 Å². The molecule has 6 rings (SSSR count). The van der Waals surface area contributed by atoms with Gasteiger partial charge < -0.3 is 35.2 Å². The molecule has 0 saturated carbocycles. The van der Waals surface area contributed by atoms with E-state index in [0.717, 1.165) is 18.4 Å². The fourth-order valence-electron chi connectivity index (χ4n) is 5.62. The summed E-state index contributed by atoms with van der Waals surface area (Å²) >= 11 is 0. The molecule has 2 aliphatic heterocycles. The average Bonchev–Trinajstić information content (AvgIpc) is 3.12. The van der Waals surface area contributed by atoms with Crippen LogP contribution in [0.15, 0.2) is 85.2 Å². The highest BCUT2D eigenvalue weighted by Gasteiger charge is 2.37. The van der Waals surface area contributed by atoms with Crippen LogP contribution in [0.4, 0.5) is 33.6 Å². The Morgan fingerprint density at radius 2 is 1.82 bits per heavy atom. The highest BCUT2D eigenvalue weighted by molar-refractivity contribution is 6.03. The number of hydrogen-bond acceptors (Lipinski definition) is 10. The first-order chi connectivity index (χ1) is 24.3. The number of hydrogen-bond donors (Lipinski definition) is 3. The van der Waals surface area contributed by atoms with Crippen LogP contribution in [-0.2, 0) is 16.1 Å². The number of nitrogens with one attached hydrogen (secondary N) is 3. The number of amides is 4. The van der Waals surface area contributed by atoms with Gasteiger partial charge in [0.1, 0.15) is 17.2 Å². The van der Waals surface area contributed by atoms with E-state index >= 15 is 0 Å². The summed E-state index contributed by atoms with van der Waals surface area (Å²) in [7, 11) is 5.39. The number of carbonyl (C=O) groups excluding carboxylic acids is 3. The smallest absolute Gasteiger partial charge is 0.330 e. The van der Waals surface area contributed by atoms with Crippen LogP contribution < -0.4 is 25.6 Å². The van der Waals surface area contributed by atoms with Gasteiger partial charge in [-0.1, -0.05) is 12.1 Å². The van der Waals surface area contributed by atoms with E-state index in [1.165, 1.54) is 12.3 Å². The van der Waals surface area contributed by atoms with Crippen molar-refractivity contribution in [3.8, 4) is 11.5 Å². The molecule has 14 heteroatoms. The number of anilines is 5. The Balaban J connectivity index is 1.24. The lowest BCUT2D eigenvalue weighted by molar-refractivity contribution is -0.111. The number of pyridine rings is 1. The standard InChI is InChI=1S/C36H39N9O5/c1-37-34(47)31-21-30(13-16-38-31)50-29-11-9-25(10-12-29)41-35-39-22-24-23-44(27-14-18-49-19-15-27)36(48)45(33(24)42-35)28-7-4-6-26(20-28)40-32(46)8-5-17-43(2)3/h4-13,16,20-22,27H,14-15,17-19,23H2,1-3H3,(H,37,47)(H,40,46)(H,39,41,42)/b8-5+. The molecular formula is C36H39N9O5. The van der Waals surface area contributed by atoms with E-state index in [-0.39, 0.29) is 29.6 Å². The van der Waals surface area contributed by atoms with Crippen molar-refractivity contribution in [3.05, 3.63) is 96.5 Å². The minimum atomic E-state index is -0.306. The maximum Gasteiger partial charge on any atom is 0.330 e. The maximum absolute atomic E-state index is 14.2. The van der Waals surface area contributed by atoms with Crippen LogP contribution in [0.25, 0.3) is 0 Å². The van der Waals surface area contributed by atoms with Crippen LogP contribution in [-0.4, -0.2) is 89.5 Å². The number of likely N-dealkylation sites (N-methyl/N-ethyl adjacent to an activating group) is 1. The molecule has 1 fully saturated rings. The van der Waals surface area contributed by atoms with Crippen LogP contribution in [0.3, 0.4) is 0 Å². The molecule has 4 aromatic rings. The second-order valence-electron chi connectivity index (χ2n) is 12.0. The summed E-state index contributed by atoms with van der Waals surface area (Å²) in [5, 5.41) is 8.67. The van der Waals surface area contributed by atoms with Crippen LogP contribution in [0.1, 0.15) is 28.9 Å². The fraction of sp³-hybridized carbons (Fsp3) is 0.278. The van der Waals surface area contributed by atoms with E-state index in [1.54, 1.807) is 66.7 Å². The fourth-order valence-corrected chi connectivity index (χ4v) is 5.62. The second kappa shape index (κ2) is 15.6. The molecule has 3 N–H and O–H groups in total. The van der Waals surface area contributed by atoms with E-state index in [0.29, 0.717) is 66.6 Å². The Morgan fingerprint density at radius 1 is 1.02 bits per heavy atom. The van der Waals surface area contributed by atoms with Crippen molar-refractivity contribution < 1.29 is 23.9 Å². The van der Waals surface area contributed by atoms with E-state index in [9.17, 15) is 14.4 Å². The van der Waals surface area contributed by atoms with Gasteiger partial charge in [-0.25, -0.2) is 14.7 Å². The lowest BCUT2D eigenvalue weighted by atomic mass is 10.0. The Kier molecular flexibility index (Phi) is 10.6. The third-order valence-corrected chi connectivity index (χ3v) is 8.11. The Hall–Kier alpha value is -5.86. The monoisotopic (exact) mass is 677 g/mol. The van der Waals surface area contributed by atoms with Gasteiger partial charge in [0, 0.05) is 74.3 Å². The number of ether oxygens (including phenoxy) is 2. The predicted molar refractivity (Wildman–Crippen MR) is 189 cm³/mol. The number of aromatic nitrogens is 3. The first-order valence-electron chi connectivity index (χ1n) is 16.3. The van der Waals surface area contributed by atoms with Gasteiger partial charge in [-0.15, -0.1) is 0 Å². The normalized spacial score (nSPS) is 14.8. The molecule has 4 amide bonds. The zero-order chi connectivity index (χ0) is 35.0. The topological polar surface area (TPSA) is 154 Å². The summed E-state index contributed by atoms with van der Waals surface area (Å²) in [6, 6.07) is 17.4. The van der Waals surface area contributed by atoms with Gasteiger partial charge >= 0.3 is 6.03 Å². The molecule has 0 atom stereocenters. The highest BCUT2D eigenvalue weighted by atomic mass is 16.5. The SMILES string of the molecule is CNC(=O)c1cc(Oc2ccc(Nc3ncc4c(n3)N(c3cccc(NC(=O)/C=C/CN(C)C)c3)C(=O)N(C3CCOCC3)C4)cc2)ccn1. The van der Waals surface area contributed by atoms with Gasteiger partial charge in [-0.3, -0.25) is 14.6 Å². The largest absolute Gasteiger partial charge is 0.457 e. The Bertz CT molecular complexity index is 1880. The van der Waals surface area contributed by atoms with Gasteiger partial charge in [0.15, 0.2) is 5.82 Å². The first kappa shape index (κ1) is 34.0. The number of carbonyl (C=O) groups is 3. The average molecular weight is 678 g/mol. The van der Waals surface area contributed by atoms with E-state index < -0.39 is 0 Å². The van der Waals surface area contributed by atoms with E-state index in [4.69, 9.17) is 14.5 Å². The number of nitrogens with zero attached hydrogens (tertiary/aromatic N) is 6. The first-order valence-corrected chi connectivity index (χ1v) is 16.3. The van der Waals surface area contributed by atoms with Gasteiger partial charge in [-0.05, 0) is 75.5 Å². The minimum Gasteiger partial charge on any atom is -0.457 e. The maximum atomic E-state index is 14.2. The molecular weight excluding hydrogens is 638 g/mol. The molecule has 258 valence electrons. The summed E-state index contributed by atoms with van der Waals surface area (Å²) in [6.07, 6.45) is 8.00. The van der Waals surface area contributed by atoms with Crippen LogP contribution in [0, 0.1) is 0 Å². The molecule has 0 unspecified atom stereocenters. The molecule has 1 saturated heterocycles. The number of benzene rings is 2. The molecule has 4 heterocycles. The van der Waals surface area contributed by atoms with Gasteiger partial charge in [-0.2, -0.15) is 4.98 Å². The Morgan fingerprint density at radius 3 is 2.58 bits per heavy atom. The summed E-state index contributed by atoms with van der Waals surface area (Å²) in [5.74, 6) is 1.21. The lowest BCUT2D eigenvalue weighted by Crippen LogP contribution is -2.51. The zero-order valence-corrected chi connectivity index (χ0v) is 28.1. The molecule has 50 heavy (non-hydrogen) atoms. The van der Waals surface area contributed by atoms with Crippen molar-refractivity contribution in [3.63, 3.8) is 0 Å². The summed E-state index contributed by atoms with van der Waals surface area (Å²) in [4.78, 5) is 57.7. The van der Waals surface area contributed by atoms with Gasteiger partial charge in [0.05, 0.1) is 12.2 Å². The third kappa shape index (κ3) is 8.22. The summed E-state index contributed by atoms with van der Waals surface area (Å²) in [5.41, 5.74) is 2.85. The lowest BCUT2D eigenvalue weighted by Gasteiger charge is -2.41. The van der Waals surface area contributed by atoms with Crippen molar-refractivity contribution >= 4 is 46.7 Å². The van der Waals surface area contributed by atoms with Crippen LogP contribution in [0.2, 0.25) is 0 Å². The van der Waals surface area contributed by atoms with Crippen LogP contribution in [0.5, 0.6) is 11.5 Å². The predicted octanol–water partition coefficient (Wildman–Crippen LogP) is 5.08. The quantitative estimate of drug-likeness (QED) is 0.183. The van der Waals surface area contributed by atoms with Crippen LogP contribution >= 0.6 is 0 Å². The Labute approximate surface area is 290 Å². The van der Waals surface area contributed by atoms with E-state index in [2.05, 4.69) is 25.9 Å². The molecule has 0 bridgehead atoms. The van der Waals surface area contributed by atoms with Crippen molar-refractivity contribution in [2.45, 2.75) is 25.4 Å². The van der Waals surface area contributed by atoms with Crippen molar-refractivity contribution in [2.75, 3.05) is 56.4 Å². The molecule has 0 radical (unpaired) electrons. The van der Waals surface area contributed by atoms with Crippen molar-refractivity contribution in [1.82, 2.24) is 30.1 Å². The molecule has 2 aliphatic rings. The molecule has 14 nitrogen and oxygen atoms in total. The highest BCUT2D eigenvalue weighted by Crippen LogP contribution is 2.37. The summed E-state index contributed by atoms with van der Waals surface area (Å²) in [6.45, 7) is 2.18.